The molecule has 0 aromatic carbocycles. The van der Waals surface area contributed by atoms with Crippen molar-refractivity contribution in [3.8, 4) is 0 Å². The molecule has 0 saturated carbocycles. The standard InChI is InChI=1S/C31H43F3N4O/c1-5-31(3,4)37-18-26(25-11-8-23(33)17-28(25)34)27(19-37)30(39)36-14-12-21(13-15-36)29-16-20(2)35-38(29)24-9-6-22(32)7-10-24/h6,9-10,16-17,21-23,25-27H,5,7-8,11-15,18-19H2,1-4H3. The number of rotatable bonds is 6. The summed E-state index contributed by atoms with van der Waals surface area (Å²) in [5.74, 6) is -0.827. The number of halogens is 3. The molecule has 1 aromatic rings. The molecule has 5 rings (SSSR count). The highest BCUT2D eigenvalue weighted by atomic mass is 19.1. The van der Waals surface area contributed by atoms with Crippen molar-refractivity contribution in [1.29, 1.82) is 0 Å². The molecule has 39 heavy (non-hydrogen) atoms. The van der Waals surface area contributed by atoms with Crippen LogP contribution in [-0.4, -0.2) is 69.5 Å². The normalized spacial score (nSPS) is 30.9. The van der Waals surface area contributed by atoms with Crippen LogP contribution in [0.1, 0.15) is 76.6 Å². The van der Waals surface area contributed by atoms with Crippen molar-refractivity contribution in [1.82, 2.24) is 19.6 Å². The molecule has 0 spiro atoms. The third-order valence-corrected chi connectivity index (χ3v) is 9.72. The maximum Gasteiger partial charge on any atom is 0.227 e. The molecule has 5 nitrogen and oxygen atoms in total. The van der Waals surface area contributed by atoms with Crippen LogP contribution in [0.15, 0.2) is 36.2 Å². The van der Waals surface area contributed by atoms with Gasteiger partial charge in [-0.25, -0.2) is 17.9 Å². The predicted octanol–water partition coefficient (Wildman–Crippen LogP) is 6.37. The zero-order valence-corrected chi connectivity index (χ0v) is 23.8. The Bertz CT molecular complexity index is 1150. The number of likely N-dealkylation sites (tertiary alicyclic amines) is 2. The Labute approximate surface area is 230 Å². The molecule has 4 aliphatic rings. The van der Waals surface area contributed by atoms with Crippen LogP contribution in [0, 0.1) is 24.7 Å². The number of aryl methyl sites for hydroxylation is 1. The third-order valence-electron chi connectivity index (χ3n) is 9.72. The minimum absolute atomic E-state index is 0.0849. The Balaban J connectivity index is 1.30. The molecule has 0 bridgehead atoms. The van der Waals surface area contributed by atoms with Gasteiger partial charge in [0.2, 0.25) is 5.91 Å². The van der Waals surface area contributed by atoms with E-state index >= 15 is 4.39 Å². The van der Waals surface area contributed by atoms with E-state index in [0.717, 1.165) is 42.4 Å². The van der Waals surface area contributed by atoms with Gasteiger partial charge in [0, 0.05) is 55.7 Å². The minimum atomic E-state index is -1.23. The Morgan fingerprint density at radius 1 is 1.10 bits per heavy atom. The molecule has 214 valence electrons. The Morgan fingerprint density at radius 2 is 1.85 bits per heavy atom. The minimum Gasteiger partial charge on any atom is -0.342 e. The van der Waals surface area contributed by atoms with E-state index in [0.29, 0.717) is 45.4 Å². The molecule has 2 saturated heterocycles. The lowest BCUT2D eigenvalue weighted by atomic mass is 9.77. The second-order valence-electron chi connectivity index (χ2n) is 12.6. The van der Waals surface area contributed by atoms with Crippen LogP contribution in [0.3, 0.4) is 0 Å². The second-order valence-corrected chi connectivity index (χ2v) is 12.6. The topological polar surface area (TPSA) is 41.4 Å². The molecule has 1 aromatic heterocycles. The summed E-state index contributed by atoms with van der Waals surface area (Å²) in [6, 6.07) is 2.10. The van der Waals surface area contributed by atoms with Crippen LogP contribution in [0.25, 0.3) is 5.70 Å². The molecule has 2 fully saturated rings. The number of carbonyl (C=O) groups excluding carboxylic acids is 1. The molecule has 0 N–H and O–H groups in total. The van der Waals surface area contributed by atoms with E-state index < -0.39 is 12.3 Å². The van der Waals surface area contributed by atoms with Gasteiger partial charge >= 0.3 is 0 Å². The third kappa shape index (κ3) is 5.77. The summed E-state index contributed by atoms with van der Waals surface area (Å²) in [5.41, 5.74) is 2.85. The molecule has 3 heterocycles. The van der Waals surface area contributed by atoms with Crippen molar-refractivity contribution in [3.63, 3.8) is 0 Å². The smallest absolute Gasteiger partial charge is 0.227 e. The molecule has 2 aliphatic carbocycles. The van der Waals surface area contributed by atoms with Gasteiger partial charge in [-0.05, 0) is 83.1 Å². The molecule has 8 heteroatoms. The quantitative estimate of drug-likeness (QED) is 0.418. The highest BCUT2D eigenvalue weighted by Gasteiger charge is 2.48. The van der Waals surface area contributed by atoms with E-state index in [1.165, 1.54) is 0 Å². The summed E-state index contributed by atoms with van der Waals surface area (Å²) in [6.45, 7) is 11.1. The molecular formula is C31H43F3N4O. The van der Waals surface area contributed by atoms with Gasteiger partial charge in [-0.2, -0.15) is 5.10 Å². The van der Waals surface area contributed by atoms with E-state index in [1.54, 1.807) is 12.2 Å². The van der Waals surface area contributed by atoms with E-state index in [-0.39, 0.29) is 40.9 Å². The van der Waals surface area contributed by atoms with Crippen molar-refractivity contribution >= 4 is 11.6 Å². The first kappa shape index (κ1) is 28.2. The number of alkyl halides is 2. The lowest BCUT2D eigenvalue weighted by Crippen LogP contribution is -2.45. The van der Waals surface area contributed by atoms with Gasteiger partial charge < -0.3 is 4.90 Å². The summed E-state index contributed by atoms with van der Waals surface area (Å²) in [5, 5.41) is 4.69. The van der Waals surface area contributed by atoms with Gasteiger partial charge in [0.1, 0.15) is 18.2 Å². The number of allylic oxidation sites excluding steroid dienone is 6. The number of hydrogen-bond donors (Lipinski definition) is 0. The van der Waals surface area contributed by atoms with Gasteiger partial charge in [-0.3, -0.25) is 9.69 Å². The summed E-state index contributed by atoms with van der Waals surface area (Å²) in [4.78, 5) is 18.3. The van der Waals surface area contributed by atoms with Crippen LogP contribution >= 0.6 is 0 Å². The molecule has 0 radical (unpaired) electrons. The lowest BCUT2D eigenvalue weighted by Gasteiger charge is -2.36. The van der Waals surface area contributed by atoms with Gasteiger partial charge in [-0.1, -0.05) is 13.0 Å². The number of hydrogen-bond acceptors (Lipinski definition) is 3. The zero-order valence-electron chi connectivity index (χ0n) is 23.8. The van der Waals surface area contributed by atoms with Gasteiger partial charge in [-0.15, -0.1) is 0 Å². The summed E-state index contributed by atoms with van der Waals surface area (Å²) in [6.07, 6.45) is 7.95. The van der Waals surface area contributed by atoms with E-state index in [1.807, 2.05) is 22.6 Å². The number of nitrogens with zero attached hydrogens (tertiary/aromatic N) is 4. The number of carbonyl (C=O) groups is 1. The van der Waals surface area contributed by atoms with Crippen LogP contribution in [0.4, 0.5) is 13.2 Å². The van der Waals surface area contributed by atoms with Crippen LogP contribution in [0.5, 0.6) is 0 Å². The average Bonchev–Trinajstić information content (AvgIpc) is 3.54. The lowest BCUT2D eigenvalue weighted by molar-refractivity contribution is -0.138. The van der Waals surface area contributed by atoms with Gasteiger partial charge in [0.05, 0.1) is 17.3 Å². The summed E-state index contributed by atoms with van der Waals surface area (Å²) in [7, 11) is 0. The van der Waals surface area contributed by atoms with E-state index in [2.05, 4.69) is 36.8 Å². The largest absolute Gasteiger partial charge is 0.342 e. The molecular weight excluding hydrogens is 501 g/mol. The Hall–Kier alpha value is -2.35. The first-order valence-electron chi connectivity index (χ1n) is 14.7. The van der Waals surface area contributed by atoms with Crippen molar-refractivity contribution in [2.75, 3.05) is 26.2 Å². The highest BCUT2D eigenvalue weighted by Crippen LogP contribution is 2.43. The van der Waals surface area contributed by atoms with E-state index in [4.69, 9.17) is 0 Å². The summed E-state index contributed by atoms with van der Waals surface area (Å²) >= 11 is 0. The first-order valence-corrected chi connectivity index (χ1v) is 14.7. The molecule has 5 atom stereocenters. The van der Waals surface area contributed by atoms with Crippen LogP contribution in [-0.2, 0) is 4.79 Å². The number of amides is 1. The van der Waals surface area contributed by atoms with Crippen molar-refractivity contribution < 1.29 is 18.0 Å². The zero-order chi connectivity index (χ0) is 27.9. The van der Waals surface area contributed by atoms with Crippen molar-refractivity contribution in [3.05, 3.63) is 47.6 Å². The first-order chi connectivity index (χ1) is 18.6. The fraction of sp³-hybridized carbons (Fsp3) is 0.677. The fourth-order valence-electron chi connectivity index (χ4n) is 6.88. The van der Waals surface area contributed by atoms with Crippen LogP contribution in [0.2, 0.25) is 0 Å². The Morgan fingerprint density at radius 3 is 2.49 bits per heavy atom. The van der Waals surface area contributed by atoms with Gasteiger partial charge in [0.25, 0.3) is 0 Å². The summed E-state index contributed by atoms with van der Waals surface area (Å²) < 4.78 is 44.5. The maximum atomic E-state index is 15.0. The molecule has 5 unspecified atom stereocenters. The average molecular weight is 545 g/mol. The van der Waals surface area contributed by atoms with Crippen molar-refractivity contribution in [2.45, 2.75) is 90.0 Å². The Kier molecular flexibility index (Phi) is 8.14. The molecule has 1 amide bonds. The SMILES string of the molecule is CCC(C)(C)N1CC(C(=O)N2CCC(c3cc(C)nn3C3=CCC(F)C=C3)CC2)C(C2CCC(F)C=C2F)C1. The number of aromatic nitrogens is 2. The number of piperidine rings is 1. The predicted molar refractivity (Wildman–Crippen MR) is 148 cm³/mol. The molecule has 2 aliphatic heterocycles. The van der Waals surface area contributed by atoms with Crippen LogP contribution < -0.4 is 0 Å². The van der Waals surface area contributed by atoms with E-state index in [9.17, 15) is 13.6 Å². The highest BCUT2D eigenvalue weighted by molar-refractivity contribution is 5.80. The van der Waals surface area contributed by atoms with Crippen molar-refractivity contribution in [2.24, 2.45) is 17.8 Å². The monoisotopic (exact) mass is 544 g/mol. The fourth-order valence-corrected chi connectivity index (χ4v) is 6.88. The maximum absolute atomic E-state index is 15.0. The van der Waals surface area contributed by atoms with Gasteiger partial charge in [0.15, 0.2) is 0 Å². The second kappa shape index (κ2) is 11.3.